The molecule has 0 aliphatic carbocycles. The number of phosphoric acid groups is 1. The molecule has 4 nitrogen and oxygen atoms in total. The van der Waals surface area contributed by atoms with Crippen molar-refractivity contribution in [3.63, 3.8) is 0 Å². The molecule has 7 heteroatoms. The Kier molecular flexibility index (Phi) is 11.0. The van der Waals surface area contributed by atoms with Crippen LogP contribution in [0.25, 0.3) is 0 Å². The van der Waals surface area contributed by atoms with Crippen LogP contribution in [-0.4, -0.2) is 0 Å². The van der Waals surface area contributed by atoms with E-state index >= 15 is 0 Å². The average molecular weight is 274 g/mol. The normalized spacial score (nSPS) is 10.1. The molecule has 0 bridgehead atoms. The monoisotopic (exact) mass is 274 g/mol. The van der Waals surface area contributed by atoms with E-state index in [2.05, 4.69) is 4.52 Å². The van der Waals surface area contributed by atoms with Gasteiger partial charge in [0.2, 0.25) is 0 Å². The predicted octanol–water partition coefficient (Wildman–Crippen LogP) is -4.97. The summed E-state index contributed by atoms with van der Waals surface area (Å²) in [5, 5.41) is 0. The van der Waals surface area contributed by atoms with Gasteiger partial charge in [0, 0.05) is 0 Å². The first-order valence-corrected chi connectivity index (χ1v) is 6.25. The zero-order chi connectivity index (χ0) is 11.5. The molecule has 0 aromatic heterocycles. The standard InChI is InChI=1S/C10H15O4P.2Na/c1-3-8-5-6-10(9(4-2)7-8)14-15(11,12)13;;/h5-7H,3-4H2,1-2H3,(H2,11,12,13);;/q;2*+1/p-2. The van der Waals surface area contributed by atoms with Gasteiger partial charge in [0.05, 0.1) is 0 Å². The van der Waals surface area contributed by atoms with Crippen molar-refractivity contribution in [3.05, 3.63) is 29.3 Å². The number of hydrogen-bond donors (Lipinski definition) is 0. The van der Waals surface area contributed by atoms with Crippen LogP contribution < -0.4 is 73.4 Å². The molecule has 0 spiro atoms. The molecular formula is C10H13Na2O4P. The summed E-state index contributed by atoms with van der Waals surface area (Å²) in [6.45, 7) is 3.88. The van der Waals surface area contributed by atoms with Gasteiger partial charge in [-0.2, -0.15) is 0 Å². The molecule has 0 atom stereocenters. The number of benzene rings is 1. The third-order valence-electron chi connectivity index (χ3n) is 2.12. The van der Waals surface area contributed by atoms with E-state index in [9.17, 15) is 14.4 Å². The number of hydrogen-bond acceptors (Lipinski definition) is 4. The Balaban J connectivity index is 0. The molecule has 0 radical (unpaired) electrons. The smallest absolute Gasteiger partial charge is 0.780 e. The second kappa shape index (κ2) is 9.13. The fourth-order valence-corrected chi connectivity index (χ4v) is 1.76. The van der Waals surface area contributed by atoms with Crippen molar-refractivity contribution in [2.45, 2.75) is 26.7 Å². The molecule has 17 heavy (non-hydrogen) atoms. The van der Waals surface area contributed by atoms with Crippen molar-refractivity contribution in [1.29, 1.82) is 0 Å². The van der Waals surface area contributed by atoms with Gasteiger partial charge in [0.1, 0.15) is 13.6 Å². The summed E-state index contributed by atoms with van der Waals surface area (Å²) >= 11 is 0. The Bertz CT molecular complexity index is 392. The van der Waals surface area contributed by atoms with Crippen molar-refractivity contribution in [1.82, 2.24) is 0 Å². The van der Waals surface area contributed by atoms with Gasteiger partial charge < -0.3 is 18.9 Å². The Hall–Kier alpha value is 1.17. The predicted molar refractivity (Wildman–Crippen MR) is 53.4 cm³/mol. The van der Waals surface area contributed by atoms with E-state index in [4.69, 9.17) is 0 Å². The molecule has 0 N–H and O–H groups in total. The van der Waals surface area contributed by atoms with E-state index in [-0.39, 0.29) is 64.9 Å². The fourth-order valence-electron chi connectivity index (χ4n) is 1.34. The second-order valence-electron chi connectivity index (χ2n) is 3.19. The summed E-state index contributed by atoms with van der Waals surface area (Å²) in [6.07, 6.45) is 1.49. The van der Waals surface area contributed by atoms with Crippen LogP contribution in [0.1, 0.15) is 25.0 Å². The molecule has 0 aliphatic heterocycles. The summed E-state index contributed by atoms with van der Waals surface area (Å²) in [5.74, 6) is 0.142. The minimum absolute atomic E-state index is 0. The maximum atomic E-state index is 10.5. The third kappa shape index (κ3) is 7.36. The van der Waals surface area contributed by atoms with E-state index in [0.29, 0.717) is 6.42 Å². The summed E-state index contributed by atoms with van der Waals surface area (Å²) in [6, 6.07) is 5.13. The zero-order valence-corrected chi connectivity index (χ0v) is 15.6. The first-order chi connectivity index (χ1) is 6.96. The summed E-state index contributed by atoms with van der Waals surface area (Å²) in [4.78, 5) is 20.9. The molecule has 1 aromatic rings. The van der Waals surface area contributed by atoms with Crippen molar-refractivity contribution >= 4 is 7.82 Å². The molecule has 0 amide bonds. The average Bonchev–Trinajstić information content (AvgIpc) is 2.16. The van der Waals surface area contributed by atoms with Gasteiger partial charge in [-0.1, -0.05) is 26.0 Å². The molecular weight excluding hydrogens is 261 g/mol. The van der Waals surface area contributed by atoms with E-state index in [0.717, 1.165) is 17.5 Å². The molecule has 0 aliphatic rings. The molecule has 0 saturated carbocycles. The molecule has 1 rings (SSSR count). The first kappa shape index (κ1) is 20.5. The minimum atomic E-state index is -4.95. The van der Waals surface area contributed by atoms with Gasteiger partial charge in [0.15, 0.2) is 0 Å². The Morgan fingerprint density at radius 2 is 1.76 bits per heavy atom. The summed E-state index contributed by atoms with van der Waals surface area (Å²) < 4.78 is 14.8. The van der Waals surface area contributed by atoms with E-state index < -0.39 is 7.82 Å². The largest absolute Gasteiger partial charge is 1.00 e. The third-order valence-corrected chi connectivity index (χ3v) is 2.54. The van der Waals surface area contributed by atoms with Gasteiger partial charge in [-0.15, -0.1) is 0 Å². The fraction of sp³-hybridized carbons (Fsp3) is 0.400. The van der Waals surface area contributed by atoms with Gasteiger partial charge in [-0.3, -0.25) is 0 Å². The molecule has 84 valence electrons. The van der Waals surface area contributed by atoms with E-state index in [1.807, 2.05) is 19.9 Å². The van der Waals surface area contributed by atoms with E-state index in [1.165, 1.54) is 6.07 Å². The maximum Gasteiger partial charge on any atom is 1.00 e. The minimum Gasteiger partial charge on any atom is -0.780 e. The van der Waals surface area contributed by atoms with Gasteiger partial charge in [-0.25, -0.2) is 0 Å². The van der Waals surface area contributed by atoms with Gasteiger partial charge >= 0.3 is 59.1 Å². The Labute approximate surface area is 146 Å². The van der Waals surface area contributed by atoms with Crippen LogP contribution in [0.15, 0.2) is 18.2 Å². The number of rotatable bonds is 4. The number of aryl methyl sites for hydroxylation is 2. The quantitative estimate of drug-likeness (QED) is 0.407. The van der Waals surface area contributed by atoms with Crippen LogP contribution >= 0.6 is 7.82 Å². The van der Waals surface area contributed by atoms with Crippen molar-refractivity contribution < 1.29 is 78.0 Å². The van der Waals surface area contributed by atoms with Crippen LogP contribution in [0.5, 0.6) is 5.75 Å². The number of phosphoric ester groups is 1. The molecule has 0 fully saturated rings. The van der Waals surface area contributed by atoms with Crippen molar-refractivity contribution in [3.8, 4) is 5.75 Å². The van der Waals surface area contributed by atoms with Gasteiger partial charge in [0.25, 0.3) is 0 Å². The van der Waals surface area contributed by atoms with Crippen molar-refractivity contribution in [2.75, 3.05) is 0 Å². The summed E-state index contributed by atoms with van der Waals surface area (Å²) in [5.41, 5.74) is 1.83. The van der Waals surface area contributed by atoms with E-state index in [1.54, 1.807) is 6.07 Å². The zero-order valence-electron chi connectivity index (χ0n) is 10.7. The van der Waals surface area contributed by atoms with Crippen LogP contribution in [0.3, 0.4) is 0 Å². The Morgan fingerprint density at radius 1 is 1.18 bits per heavy atom. The molecule has 0 unspecified atom stereocenters. The topological polar surface area (TPSA) is 72.4 Å². The second-order valence-corrected chi connectivity index (χ2v) is 4.26. The van der Waals surface area contributed by atoms with Crippen LogP contribution in [0.4, 0.5) is 0 Å². The molecule has 0 heterocycles. The molecule has 0 saturated heterocycles. The van der Waals surface area contributed by atoms with Gasteiger partial charge in [-0.05, 0) is 30.0 Å². The van der Waals surface area contributed by atoms with Crippen LogP contribution in [-0.2, 0) is 17.4 Å². The summed E-state index contributed by atoms with van der Waals surface area (Å²) in [7, 11) is -4.95. The van der Waals surface area contributed by atoms with Crippen molar-refractivity contribution in [2.24, 2.45) is 0 Å². The van der Waals surface area contributed by atoms with Crippen LogP contribution in [0.2, 0.25) is 0 Å². The first-order valence-electron chi connectivity index (χ1n) is 4.79. The maximum absolute atomic E-state index is 10.5. The Morgan fingerprint density at radius 3 is 2.18 bits per heavy atom. The molecule has 1 aromatic carbocycles. The SMILES string of the molecule is CCc1ccc(OP(=O)([O-])[O-])c(CC)c1.[Na+].[Na+]. The van der Waals surface area contributed by atoms with Crippen LogP contribution in [0, 0.1) is 0 Å².